The van der Waals surface area contributed by atoms with Crippen LogP contribution in [0.3, 0.4) is 0 Å². The number of rotatable bonds is 4. The average Bonchev–Trinajstić information content (AvgIpc) is 2.41. The van der Waals surface area contributed by atoms with E-state index in [2.05, 4.69) is 31.9 Å². The van der Waals surface area contributed by atoms with Crippen LogP contribution < -0.4 is 4.74 Å². The van der Waals surface area contributed by atoms with E-state index in [-0.39, 0.29) is 16.5 Å². The molecule has 0 atom stereocenters. The standard InChI is InChI=1S/C13H8Br2ClNO3/c14-7-8-4-5-9(15)6-12(8)20-13-10(16)2-1-3-11(13)17(18)19/h1-6H,7H2. The van der Waals surface area contributed by atoms with Gasteiger partial charge in [0.15, 0.2) is 0 Å². The first-order chi connectivity index (χ1) is 9.52. The van der Waals surface area contributed by atoms with E-state index in [0.717, 1.165) is 10.0 Å². The molecule has 0 bridgehead atoms. The van der Waals surface area contributed by atoms with Gasteiger partial charge in [0.05, 0.1) is 9.95 Å². The van der Waals surface area contributed by atoms with Crippen LogP contribution in [0.2, 0.25) is 5.02 Å². The Hall–Kier alpha value is -1.11. The number of nitrogens with zero attached hydrogens (tertiary/aromatic N) is 1. The first-order valence-electron chi connectivity index (χ1n) is 5.48. The van der Waals surface area contributed by atoms with Gasteiger partial charge in [-0.15, -0.1) is 0 Å². The molecule has 0 fully saturated rings. The molecule has 0 aliphatic carbocycles. The molecule has 0 aromatic heterocycles. The number of ether oxygens (including phenoxy) is 1. The lowest BCUT2D eigenvalue weighted by Gasteiger charge is -2.11. The molecule has 0 saturated carbocycles. The van der Waals surface area contributed by atoms with Crippen molar-refractivity contribution in [2.75, 3.05) is 0 Å². The average molecular weight is 421 g/mol. The minimum absolute atomic E-state index is 0.0412. The van der Waals surface area contributed by atoms with E-state index in [0.29, 0.717) is 11.1 Å². The molecule has 2 aromatic carbocycles. The summed E-state index contributed by atoms with van der Waals surface area (Å²) in [5.74, 6) is 0.548. The van der Waals surface area contributed by atoms with E-state index in [4.69, 9.17) is 16.3 Å². The molecule has 2 aromatic rings. The fourth-order valence-electron chi connectivity index (χ4n) is 1.59. The lowest BCUT2D eigenvalue weighted by atomic mass is 10.2. The Balaban J connectivity index is 2.50. The van der Waals surface area contributed by atoms with Crippen LogP contribution >= 0.6 is 43.5 Å². The zero-order chi connectivity index (χ0) is 14.7. The second-order valence-corrected chi connectivity index (χ2v) is 5.72. The van der Waals surface area contributed by atoms with Crippen LogP contribution in [0.15, 0.2) is 40.9 Å². The summed E-state index contributed by atoms with van der Waals surface area (Å²) < 4.78 is 6.48. The van der Waals surface area contributed by atoms with Gasteiger partial charge in [0, 0.05) is 21.4 Å². The van der Waals surface area contributed by atoms with Crippen LogP contribution in [-0.4, -0.2) is 4.92 Å². The van der Waals surface area contributed by atoms with E-state index < -0.39 is 4.92 Å². The fourth-order valence-corrected chi connectivity index (χ4v) is 2.60. The number of alkyl halides is 1. The maximum Gasteiger partial charge on any atom is 0.313 e. The van der Waals surface area contributed by atoms with Gasteiger partial charge in [0.25, 0.3) is 0 Å². The predicted octanol–water partition coefficient (Wildman–Crippen LogP) is 5.70. The molecule has 0 N–H and O–H groups in total. The molecule has 0 saturated heterocycles. The van der Waals surface area contributed by atoms with Gasteiger partial charge >= 0.3 is 5.69 Å². The van der Waals surface area contributed by atoms with E-state index in [1.54, 1.807) is 12.1 Å². The van der Waals surface area contributed by atoms with Crippen molar-refractivity contribution in [2.24, 2.45) is 0 Å². The Morgan fingerprint density at radius 2 is 2.05 bits per heavy atom. The number of benzene rings is 2. The summed E-state index contributed by atoms with van der Waals surface area (Å²) in [6.45, 7) is 0. The van der Waals surface area contributed by atoms with Crippen molar-refractivity contribution in [3.05, 3.63) is 61.6 Å². The van der Waals surface area contributed by atoms with Gasteiger partial charge in [-0.05, 0) is 18.2 Å². The summed E-state index contributed by atoms with van der Waals surface area (Å²) in [4.78, 5) is 10.5. The molecular formula is C13H8Br2ClNO3. The summed E-state index contributed by atoms with van der Waals surface area (Å²) in [5, 5.41) is 11.8. The summed E-state index contributed by atoms with van der Waals surface area (Å²) in [5.41, 5.74) is 0.695. The Bertz CT molecular complexity index is 664. The molecule has 0 aliphatic rings. The lowest BCUT2D eigenvalue weighted by molar-refractivity contribution is -0.385. The first-order valence-corrected chi connectivity index (χ1v) is 7.77. The minimum Gasteiger partial charge on any atom is -0.448 e. The third-order valence-electron chi connectivity index (χ3n) is 2.53. The van der Waals surface area contributed by atoms with Crippen LogP contribution in [0.1, 0.15) is 5.56 Å². The second-order valence-electron chi connectivity index (χ2n) is 3.83. The zero-order valence-electron chi connectivity index (χ0n) is 9.98. The lowest BCUT2D eigenvalue weighted by Crippen LogP contribution is -1.96. The predicted molar refractivity (Wildman–Crippen MR) is 85.0 cm³/mol. The molecule has 0 amide bonds. The number of nitro groups is 1. The van der Waals surface area contributed by atoms with E-state index >= 15 is 0 Å². The summed E-state index contributed by atoms with van der Waals surface area (Å²) >= 11 is 12.7. The van der Waals surface area contributed by atoms with E-state index in [1.807, 2.05) is 12.1 Å². The number of halogens is 3. The van der Waals surface area contributed by atoms with Gasteiger partial charge < -0.3 is 4.74 Å². The van der Waals surface area contributed by atoms with Crippen molar-refractivity contribution in [1.29, 1.82) is 0 Å². The van der Waals surface area contributed by atoms with Crippen molar-refractivity contribution in [2.45, 2.75) is 5.33 Å². The summed E-state index contributed by atoms with van der Waals surface area (Å²) in [6.07, 6.45) is 0. The highest BCUT2D eigenvalue weighted by molar-refractivity contribution is 9.10. The highest BCUT2D eigenvalue weighted by Crippen LogP contribution is 2.39. The summed E-state index contributed by atoms with van der Waals surface area (Å²) in [6, 6.07) is 9.88. The van der Waals surface area contributed by atoms with Crippen LogP contribution in [0.5, 0.6) is 11.5 Å². The van der Waals surface area contributed by atoms with E-state index in [1.165, 1.54) is 12.1 Å². The molecule has 2 rings (SSSR count). The fraction of sp³-hybridized carbons (Fsp3) is 0.0769. The molecule has 0 heterocycles. The first kappa shape index (κ1) is 15.3. The molecule has 104 valence electrons. The monoisotopic (exact) mass is 419 g/mol. The third kappa shape index (κ3) is 3.31. The molecule has 0 spiro atoms. The normalized spacial score (nSPS) is 10.3. The number of para-hydroxylation sites is 1. The van der Waals surface area contributed by atoms with Gasteiger partial charge in [-0.25, -0.2) is 0 Å². The Labute approximate surface area is 137 Å². The van der Waals surface area contributed by atoms with Crippen molar-refractivity contribution in [1.82, 2.24) is 0 Å². The Kier molecular flexibility index (Phi) is 5.01. The van der Waals surface area contributed by atoms with Crippen LogP contribution in [0.4, 0.5) is 5.69 Å². The SMILES string of the molecule is O=[N+]([O-])c1cccc(Cl)c1Oc1cc(Br)ccc1CBr. The van der Waals surface area contributed by atoms with Crippen molar-refractivity contribution in [3.8, 4) is 11.5 Å². The van der Waals surface area contributed by atoms with Gasteiger partial charge in [0.2, 0.25) is 5.75 Å². The maximum absolute atomic E-state index is 11.0. The topological polar surface area (TPSA) is 52.4 Å². The van der Waals surface area contributed by atoms with Crippen LogP contribution in [0.25, 0.3) is 0 Å². The van der Waals surface area contributed by atoms with Crippen molar-refractivity contribution >= 4 is 49.1 Å². The second kappa shape index (κ2) is 6.56. The van der Waals surface area contributed by atoms with Crippen molar-refractivity contribution in [3.63, 3.8) is 0 Å². The molecule has 7 heteroatoms. The third-order valence-corrected chi connectivity index (χ3v) is 3.92. The van der Waals surface area contributed by atoms with Gasteiger partial charge in [-0.1, -0.05) is 55.6 Å². The Morgan fingerprint density at radius 3 is 2.70 bits per heavy atom. The number of hydrogen-bond acceptors (Lipinski definition) is 3. The highest BCUT2D eigenvalue weighted by atomic mass is 79.9. The molecule has 0 unspecified atom stereocenters. The molecule has 0 radical (unpaired) electrons. The summed E-state index contributed by atoms with van der Waals surface area (Å²) in [7, 11) is 0. The van der Waals surface area contributed by atoms with Crippen LogP contribution in [0, 0.1) is 10.1 Å². The van der Waals surface area contributed by atoms with E-state index in [9.17, 15) is 10.1 Å². The quantitative estimate of drug-likeness (QED) is 0.362. The smallest absolute Gasteiger partial charge is 0.313 e. The van der Waals surface area contributed by atoms with Crippen molar-refractivity contribution < 1.29 is 9.66 Å². The largest absolute Gasteiger partial charge is 0.448 e. The van der Waals surface area contributed by atoms with Gasteiger partial charge in [-0.2, -0.15) is 0 Å². The molecule has 20 heavy (non-hydrogen) atoms. The van der Waals surface area contributed by atoms with Crippen LogP contribution in [-0.2, 0) is 5.33 Å². The number of nitro benzene ring substituents is 1. The van der Waals surface area contributed by atoms with Gasteiger partial charge in [0.1, 0.15) is 5.75 Å². The minimum atomic E-state index is -0.521. The zero-order valence-corrected chi connectivity index (χ0v) is 13.9. The molecule has 4 nitrogen and oxygen atoms in total. The number of hydrogen-bond donors (Lipinski definition) is 0. The molecular weight excluding hydrogens is 413 g/mol. The maximum atomic E-state index is 11.0. The highest BCUT2D eigenvalue weighted by Gasteiger charge is 2.20. The Morgan fingerprint density at radius 1 is 1.30 bits per heavy atom. The van der Waals surface area contributed by atoms with Gasteiger partial charge in [-0.3, -0.25) is 10.1 Å². The molecule has 0 aliphatic heterocycles.